The Morgan fingerprint density at radius 1 is 1.07 bits per heavy atom. The Hall–Kier alpha value is -1.07. The van der Waals surface area contributed by atoms with E-state index in [2.05, 4.69) is 18.8 Å². The highest BCUT2D eigenvalue weighted by molar-refractivity contribution is 6.20. The molecule has 2 aliphatic carbocycles. The van der Waals surface area contributed by atoms with E-state index >= 15 is 0 Å². The van der Waals surface area contributed by atoms with E-state index in [0.29, 0.717) is 50.6 Å². The maximum Gasteiger partial charge on any atom is 0.246 e. The number of alkyl halides is 1. The molecule has 2 saturated carbocycles. The van der Waals surface area contributed by atoms with E-state index < -0.39 is 0 Å². The van der Waals surface area contributed by atoms with Crippen molar-refractivity contribution in [1.29, 1.82) is 0 Å². The van der Waals surface area contributed by atoms with Gasteiger partial charge in [0.1, 0.15) is 0 Å². The number of hydrogen-bond donors (Lipinski definition) is 1. The van der Waals surface area contributed by atoms with Crippen molar-refractivity contribution in [3.63, 3.8) is 0 Å². The van der Waals surface area contributed by atoms with Gasteiger partial charge in [-0.1, -0.05) is 45.6 Å². The molecule has 0 bridgehead atoms. The van der Waals surface area contributed by atoms with E-state index in [1.807, 2.05) is 4.90 Å². The van der Waals surface area contributed by atoms with Crippen LogP contribution in [-0.2, 0) is 9.59 Å². The van der Waals surface area contributed by atoms with Crippen LogP contribution in [0.15, 0.2) is 12.7 Å². The predicted molar refractivity (Wildman–Crippen MR) is 113 cm³/mol. The number of nitrogens with zero attached hydrogens (tertiary/aromatic N) is 2. The molecule has 3 aliphatic rings. The number of carbonyl (C=O) groups is 2. The molecule has 1 saturated heterocycles. The lowest BCUT2D eigenvalue weighted by Gasteiger charge is -2.43. The van der Waals surface area contributed by atoms with Crippen LogP contribution in [-0.4, -0.2) is 65.8 Å². The number of piperazine rings is 1. The van der Waals surface area contributed by atoms with Gasteiger partial charge in [0.05, 0.1) is 6.54 Å². The molecule has 6 heteroatoms. The number of halogens is 1. The number of carbonyl (C=O) groups excluding carboxylic acids is 2. The van der Waals surface area contributed by atoms with E-state index in [1.54, 1.807) is 4.90 Å². The van der Waals surface area contributed by atoms with Crippen molar-refractivity contribution in [3.8, 4) is 0 Å². The first-order chi connectivity index (χ1) is 13.5. The van der Waals surface area contributed by atoms with Crippen molar-refractivity contribution in [2.45, 2.75) is 63.3 Å². The Kier molecular flexibility index (Phi) is 7.81. The molecule has 0 aromatic carbocycles. The average molecular weight is 410 g/mol. The van der Waals surface area contributed by atoms with Gasteiger partial charge in [-0.05, 0) is 36.7 Å². The second-order valence-electron chi connectivity index (χ2n) is 8.92. The number of rotatable bonds is 5. The van der Waals surface area contributed by atoms with Crippen LogP contribution >= 0.6 is 11.6 Å². The first-order valence-electron chi connectivity index (χ1n) is 11.1. The predicted octanol–water partition coefficient (Wildman–Crippen LogP) is 3.04. The van der Waals surface area contributed by atoms with Crippen LogP contribution in [0.4, 0.5) is 0 Å². The summed E-state index contributed by atoms with van der Waals surface area (Å²) in [5.41, 5.74) is 0. The molecule has 4 unspecified atom stereocenters. The van der Waals surface area contributed by atoms with Crippen molar-refractivity contribution in [2.24, 2.45) is 17.8 Å². The average Bonchev–Trinajstić information content (AvgIpc) is 2.73. The second-order valence-corrected chi connectivity index (χ2v) is 9.48. The quantitative estimate of drug-likeness (QED) is 0.561. The molecule has 1 N–H and O–H groups in total. The number of amides is 2. The molecule has 3 rings (SSSR count). The Bertz CT molecular complexity index is 556. The minimum atomic E-state index is -0.0503. The molecular weight excluding hydrogens is 374 g/mol. The first-order valence-corrected chi connectivity index (χ1v) is 11.5. The highest BCUT2D eigenvalue weighted by Gasteiger charge is 2.38. The third-order valence-electron chi connectivity index (χ3n) is 7.16. The van der Waals surface area contributed by atoms with E-state index in [-0.39, 0.29) is 17.2 Å². The Labute approximate surface area is 174 Å². The lowest BCUT2D eigenvalue weighted by molar-refractivity contribution is -0.136. The van der Waals surface area contributed by atoms with Crippen LogP contribution in [0, 0.1) is 17.8 Å². The van der Waals surface area contributed by atoms with Gasteiger partial charge in [0.2, 0.25) is 11.8 Å². The minimum absolute atomic E-state index is 0.0503. The summed E-state index contributed by atoms with van der Waals surface area (Å²) in [7, 11) is 0. The maximum atomic E-state index is 12.7. The van der Waals surface area contributed by atoms with E-state index in [0.717, 1.165) is 18.8 Å². The molecule has 0 spiro atoms. The molecule has 158 valence electrons. The zero-order valence-corrected chi connectivity index (χ0v) is 18.0. The van der Waals surface area contributed by atoms with Crippen LogP contribution < -0.4 is 5.32 Å². The van der Waals surface area contributed by atoms with E-state index in [4.69, 9.17) is 11.6 Å². The summed E-state index contributed by atoms with van der Waals surface area (Å²) < 4.78 is 0. The summed E-state index contributed by atoms with van der Waals surface area (Å²) in [4.78, 5) is 28.0. The molecule has 0 radical (unpaired) electrons. The van der Waals surface area contributed by atoms with Gasteiger partial charge < -0.3 is 15.1 Å². The van der Waals surface area contributed by atoms with Crippen LogP contribution in [0.3, 0.4) is 0 Å². The zero-order valence-electron chi connectivity index (χ0n) is 17.2. The summed E-state index contributed by atoms with van der Waals surface area (Å²) in [6, 6.07) is 0.370. The van der Waals surface area contributed by atoms with Gasteiger partial charge in [-0.25, -0.2) is 0 Å². The standard InChI is InChI=1S/C22H36ClN3O2/c1-3-21(27)25-9-11-26(12-10-25)22(28)15-24-20-14-18(19(23)13-16(20)2)17-7-5-4-6-8-17/h3,16-20,24H,1,4-15H2,2H3. The zero-order chi connectivity index (χ0) is 20.1. The summed E-state index contributed by atoms with van der Waals surface area (Å²) in [5.74, 6) is 1.93. The summed E-state index contributed by atoms with van der Waals surface area (Å²) >= 11 is 6.77. The monoisotopic (exact) mass is 409 g/mol. The highest BCUT2D eigenvalue weighted by Crippen LogP contribution is 2.42. The summed E-state index contributed by atoms with van der Waals surface area (Å²) in [6.45, 7) is 8.57. The van der Waals surface area contributed by atoms with Crippen LogP contribution in [0.2, 0.25) is 0 Å². The second kappa shape index (κ2) is 10.1. The molecule has 1 aliphatic heterocycles. The van der Waals surface area contributed by atoms with Gasteiger partial charge in [0.25, 0.3) is 0 Å². The van der Waals surface area contributed by atoms with Crippen molar-refractivity contribution in [1.82, 2.24) is 15.1 Å². The highest BCUT2D eigenvalue weighted by atomic mass is 35.5. The maximum absolute atomic E-state index is 12.7. The fourth-order valence-corrected chi connectivity index (χ4v) is 5.93. The van der Waals surface area contributed by atoms with Crippen LogP contribution in [0.5, 0.6) is 0 Å². The van der Waals surface area contributed by atoms with E-state index in [9.17, 15) is 9.59 Å². The smallest absolute Gasteiger partial charge is 0.246 e. The number of nitrogens with one attached hydrogen (secondary N) is 1. The molecule has 4 atom stereocenters. The van der Waals surface area contributed by atoms with Crippen molar-refractivity contribution < 1.29 is 9.59 Å². The van der Waals surface area contributed by atoms with Gasteiger partial charge in [-0.15, -0.1) is 11.6 Å². The van der Waals surface area contributed by atoms with Crippen LogP contribution in [0.25, 0.3) is 0 Å². The molecule has 28 heavy (non-hydrogen) atoms. The van der Waals surface area contributed by atoms with Gasteiger partial charge in [0.15, 0.2) is 0 Å². The fraction of sp³-hybridized carbons (Fsp3) is 0.818. The van der Waals surface area contributed by atoms with Gasteiger partial charge in [-0.3, -0.25) is 9.59 Å². The van der Waals surface area contributed by atoms with Gasteiger partial charge in [0, 0.05) is 37.6 Å². The molecule has 1 heterocycles. The largest absolute Gasteiger partial charge is 0.338 e. The summed E-state index contributed by atoms with van der Waals surface area (Å²) in [6.07, 6.45) is 10.2. The summed E-state index contributed by atoms with van der Waals surface area (Å²) in [5, 5.41) is 3.84. The number of hydrogen-bond acceptors (Lipinski definition) is 3. The Balaban J connectivity index is 1.47. The fourth-order valence-electron chi connectivity index (χ4n) is 5.34. The van der Waals surface area contributed by atoms with Crippen molar-refractivity contribution >= 4 is 23.4 Å². The normalized spacial score (nSPS) is 32.2. The lowest BCUT2D eigenvalue weighted by atomic mass is 9.69. The van der Waals surface area contributed by atoms with E-state index in [1.165, 1.54) is 38.2 Å². The van der Waals surface area contributed by atoms with Crippen molar-refractivity contribution in [3.05, 3.63) is 12.7 Å². The van der Waals surface area contributed by atoms with Gasteiger partial charge in [-0.2, -0.15) is 0 Å². The molecule has 0 aromatic rings. The molecule has 3 fully saturated rings. The third kappa shape index (κ3) is 5.29. The molecule has 2 amide bonds. The third-order valence-corrected chi connectivity index (χ3v) is 7.67. The Morgan fingerprint density at radius 3 is 2.36 bits per heavy atom. The minimum Gasteiger partial charge on any atom is -0.338 e. The SMILES string of the molecule is C=CC(=O)N1CCN(C(=O)CNC2CC(C3CCCCC3)C(Cl)CC2C)CC1. The van der Waals surface area contributed by atoms with Gasteiger partial charge >= 0.3 is 0 Å². The molecule has 0 aromatic heterocycles. The topological polar surface area (TPSA) is 52.7 Å². The Morgan fingerprint density at radius 2 is 1.71 bits per heavy atom. The van der Waals surface area contributed by atoms with Crippen LogP contribution in [0.1, 0.15) is 51.9 Å². The molecule has 5 nitrogen and oxygen atoms in total. The lowest BCUT2D eigenvalue weighted by Crippen LogP contribution is -2.54. The van der Waals surface area contributed by atoms with Crippen molar-refractivity contribution in [2.75, 3.05) is 32.7 Å². The molecular formula is C22H36ClN3O2. The first kappa shape index (κ1) is 21.6.